The predicted molar refractivity (Wildman–Crippen MR) is 236 cm³/mol. The zero-order valence-electron chi connectivity index (χ0n) is 35.4. The van der Waals surface area contributed by atoms with E-state index in [-0.39, 0.29) is 34.9 Å². The molecule has 17 heteroatoms. The summed E-state index contributed by atoms with van der Waals surface area (Å²) in [5.74, 6) is 0.405. The minimum absolute atomic E-state index is 0.0258. The molecule has 2 unspecified atom stereocenters. The standard InChI is InChI=1S/C46H53N11O6/c1-3-19-55-43(60)36-25-48-44(52-41(36)57(55)38-15-7-29-6-5-28(4-2)40(29)50-38)49-30-8-10-31(11-9-30)53-20-17-32(18-21-53)56(46(61,62)63)34-22-45(23-34)26-54(27-45)33-12-14-37(47-24-33)35-13-16-39(58)51-42(35)59/h3,7-12,14-15,24-25,28,32,34-35,61-63H,1,4-6,13,16-23,26-27H2,2H3,(H,48,49,52)(H,51,58,59). The van der Waals surface area contributed by atoms with Crippen LogP contribution in [0.2, 0.25) is 0 Å². The van der Waals surface area contributed by atoms with Crippen molar-refractivity contribution in [3.63, 3.8) is 0 Å². The maximum absolute atomic E-state index is 13.5. The lowest BCUT2D eigenvalue weighted by Gasteiger charge is -2.63. The number of anilines is 4. The molecular weight excluding hydrogens is 803 g/mol. The third-order valence-corrected chi connectivity index (χ3v) is 14.0. The van der Waals surface area contributed by atoms with Crippen LogP contribution in [-0.2, 0) is 22.6 Å². The van der Waals surface area contributed by atoms with Crippen molar-refractivity contribution in [2.45, 2.75) is 101 Å². The number of rotatable bonds is 12. The van der Waals surface area contributed by atoms with E-state index in [1.807, 2.05) is 42.5 Å². The van der Waals surface area contributed by atoms with Crippen LogP contribution < -0.4 is 26.0 Å². The number of hydrogen-bond acceptors (Lipinski definition) is 14. The van der Waals surface area contributed by atoms with Gasteiger partial charge in [0.05, 0.1) is 30.0 Å². The Morgan fingerprint density at radius 1 is 0.889 bits per heavy atom. The van der Waals surface area contributed by atoms with Gasteiger partial charge in [0.2, 0.25) is 17.8 Å². The maximum Gasteiger partial charge on any atom is 0.346 e. The van der Waals surface area contributed by atoms with Gasteiger partial charge in [0.1, 0.15) is 5.39 Å². The molecule has 5 aromatic rings. The second kappa shape index (κ2) is 16.0. The van der Waals surface area contributed by atoms with Gasteiger partial charge in [-0.2, -0.15) is 4.98 Å². The van der Waals surface area contributed by atoms with Crippen molar-refractivity contribution in [1.29, 1.82) is 0 Å². The van der Waals surface area contributed by atoms with Gasteiger partial charge in [-0.15, -0.1) is 6.58 Å². The van der Waals surface area contributed by atoms with Gasteiger partial charge in [-0.25, -0.2) is 24.2 Å². The number of imide groups is 1. The first-order valence-corrected chi connectivity index (χ1v) is 22.1. The van der Waals surface area contributed by atoms with Gasteiger partial charge in [0, 0.05) is 79.3 Å². The van der Waals surface area contributed by atoms with E-state index >= 15 is 0 Å². The van der Waals surface area contributed by atoms with Crippen molar-refractivity contribution in [2.75, 3.05) is 41.3 Å². The number of aryl methyl sites for hydroxylation is 1. The Balaban J connectivity index is 0.759. The summed E-state index contributed by atoms with van der Waals surface area (Å²) < 4.78 is 3.37. The van der Waals surface area contributed by atoms with Crippen molar-refractivity contribution in [3.05, 3.63) is 101 Å². The number of fused-ring (bicyclic) bond motifs is 2. The second-order valence-corrected chi connectivity index (χ2v) is 18.0. The number of carbonyl (C=O) groups is 2. The molecule has 3 aliphatic heterocycles. The molecule has 17 nitrogen and oxygen atoms in total. The topological polar surface area (TPSA) is 207 Å². The third-order valence-electron chi connectivity index (χ3n) is 14.0. The van der Waals surface area contributed by atoms with Crippen LogP contribution in [0, 0.1) is 5.41 Å². The Labute approximate surface area is 364 Å². The van der Waals surface area contributed by atoms with Crippen LogP contribution in [0.1, 0.15) is 87.1 Å². The fourth-order valence-corrected chi connectivity index (χ4v) is 10.8. The Kier molecular flexibility index (Phi) is 10.4. The average Bonchev–Trinajstić information content (AvgIpc) is 3.78. The van der Waals surface area contributed by atoms with Gasteiger partial charge in [-0.05, 0) is 99.4 Å². The van der Waals surface area contributed by atoms with Crippen LogP contribution in [0.15, 0.2) is 78.4 Å². The fraction of sp³-hybridized carbons (Fsp3) is 0.457. The van der Waals surface area contributed by atoms with Gasteiger partial charge in [-0.3, -0.25) is 24.7 Å². The van der Waals surface area contributed by atoms with Gasteiger partial charge in [0.15, 0.2) is 11.5 Å². The summed E-state index contributed by atoms with van der Waals surface area (Å²) >= 11 is 0. The minimum atomic E-state index is -2.92. The van der Waals surface area contributed by atoms with E-state index < -0.39 is 12.0 Å². The molecule has 1 aromatic carbocycles. The van der Waals surface area contributed by atoms with Crippen LogP contribution in [0.25, 0.3) is 16.9 Å². The van der Waals surface area contributed by atoms with E-state index in [9.17, 15) is 29.7 Å². The van der Waals surface area contributed by atoms with Crippen LogP contribution in [-0.4, -0.2) is 106 Å². The number of carbonyl (C=O) groups excluding carboxylic acids is 2. The molecule has 3 saturated heterocycles. The Morgan fingerprint density at radius 3 is 2.33 bits per heavy atom. The lowest BCUT2D eigenvalue weighted by atomic mass is 9.60. The molecule has 4 fully saturated rings. The average molecular weight is 856 g/mol. The van der Waals surface area contributed by atoms with Gasteiger partial charge < -0.3 is 30.4 Å². The van der Waals surface area contributed by atoms with Crippen LogP contribution in [0.5, 0.6) is 0 Å². The molecule has 5 aliphatic rings. The van der Waals surface area contributed by atoms with Gasteiger partial charge in [0.25, 0.3) is 5.56 Å². The molecule has 1 spiro atoms. The van der Waals surface area contributed by atoms with E-state index in [2.05, 4.69) is 50.0 Å². The highest BCUT2D eigenvalue weighted by molar-refractivity contribution is 6.00. The smallest absolute Gasteiger partial charge is 0.346 e. The Morgan fingerprint density at radius 2 is 1.65 bits per heavy atom. The van der Waals surface area contributed by atoms with E-state index in [1.165, 1.54) is 10.5 Å². The van der Waals surface area contributed by atoms with Crippen molar-refractivity contribution >= 4 is 45.9 Å². The number of pyridine rings is 2. The first kappa shape index (κ1) is 41.0. The predicted octanol–water partition coefficient (Wildman–Crippen LogP) is 3.79. The summed E-state index contributed by atoms with van der Waals surface area (Å²) in [5.41, 5.74) is 6.04. The lowest BCUT2D eigenvalue weighted by Crippen LogP contribution is -2.71. The van der Waals surface area contributed by atoms with Crippen LogP contribution in [0.4, 0.5) is 23.0 Å². The Bertz CT molecular complexity index is 2620. The SMILES string of the molecule is C=CCn1c(=O)c2cnc(Nc3ccc(N4CCC(N(C5CC6(C5)CN(c5ccc(C7CCC(=O)NC7=O)nc5)C6)C(O)(O)O)CC4)cc3)nc2n1-c1ccc2c(n1)C(CC)CC2. The highest BCUT2D eigenvalue weighted by Crippen LogP contribution is 2.53. The van der Waals surface area contributed by atoms with E-state index in [0.717, 1.165) is 67.9 Å². The number of nitrogens with one attached hydrogen (secondary N) is 2. The molecule has 0 radical (unpaired) electrons. The summed E-state index contributed by atoms with van der Waals surface area (Å²) in [6, 6.07) is 15.5. The number of nitrogens with zero attached hydrogens (tertiary/aromatic N) is 9. The number of aliphatic hydroxyl groups is 3. The molecule has 1 saturated carbocycles. The largest absolute Gasteiger partial charge is 0.371 e. The summed E-state index contributed by atoms with van der Waals surface area (Å²) in [6.45, 7) is 9.29. The van der Waals surface area contributed by atoms with Crippen molar-refractivity contribution in [2.24, 2.45) is 5.41 Å². The number of benzene rings is 1. The first-order chi connectivity index (χ1) is 30.4. The zero-order chi connectivity index (χ0) is 43.6. The molecule has 2 atom stereocenters. The molecule has 2 amide bonds. The van der Waals surface area contributed by atoms with Crippen LogP contribution >= 0.6 is 0 Å². The molecule has 10 rings (SSSR count). The lowest BCUT2D eigenvalue weighted by molar-refractivity contribution is -0.416. The highest BCUT2D eigenvalue weighted by atomic mass is 16.7. The summed E-state index contributed by atoms with van der Waals surface area (Å²) in [6.07, 6.45) is 8.72. The summed E-state index contributed by atoms with van der Waals surface area (Å²) in [4.78, 5) is 62.3. The van der Waals surface area contributed by atoms with E-state index in [4.69, 9.17) is 9.97 Å². The number of hydrogen-bond donors (Lipinski definition) is 5. The van der Waals surface area contributed by atoms with Crippen molar-refractivity contribution in [3.8, 4) is 5.82 Å². The normalized spacial score (nSPS) is 21.4. The number of piperidine rings is 2. The number of amides is 2. The molecule has 328 valence electrons. The molecule has 2 aliphatic carbocycles. The van der Waals surface area contributed by atoms with Gasteiger partial charge in [-0.1, -0.05) is 19.1 Å². The second-order valence-electron chi connectivity index (χ2n) is 18.0. The minimum Gasteiger partial charge on any atom is -0.371 e. The molecule has 4 aromatic heterocycles. The molecular formula is C46H53N11O6. The molecule has 63 heavy (non-hydrogen) atoms. The maximum atomic E-state index is 13.5. The first-order valence-electron chi connectivity index (χ1n) is 22.1. The van der Waals surface area contributed by atoms with E-state index in [1.54, 1.807) is 27.8 Å². The monoisotopic (exact) mass is 855 g/mol. The number of allylic oxidation sites excluding steroid dienone is 1. The van der Waals surface area contributed by atoms with E-state index in [0.29, 0.717) is 79.7 Å². The van der Waals surface area contributed by atoms with Crippen molar-refractivity contribution < 1.29 is 24.9 Å². The van der Waals surface area contributed by atoms with Crippen molar-refractivity contribution in [1.82, 2.24) is 39.5 Å². The van der Waals surface area contributed by atoms with Crippen LogP contribution in [0.3, 0.4) is 0 Å². The summed E-state index contributed by atoms with van der Waals surface area (Å²) in [7, 11) is 0. The number of aromatic nitrogens is 6. The Hall–Kier alpha value is -6.01. The molecule has 7 heterocycles. The molecule has 0 bridgehead atoms. The highest BCUT2D eigenvalue weighted by Gasteiger charge is 2.57. The molecule has 5 N–H and O–H groups in total. The third kappa shape index (κ3) is 7.55. The quantitative estimate of drug-likeness (QED) is 0.0688. The summed E-state index contributed by atoms with van der Waals surface area (Å²) in [5, 5.41) is 37.9. The van der Waals surface area contributed by atoms with Gasteiger partial charge >= 0.3 is 6.10 Å². The zero-order valence-corrected chi connectivity index (χ0v) is 35.4. The fourth-order valence-electron chi connectivity index (χ4n) is 10.8.